The van der Waals surface area contributed by atoms with E-state index >= 15 is 0 Å². The summed E-state index contributed by atoms with van der Waals surface area (Å²) in [6, 6.07) is 0. The summed E-state index contributed by atoms with van der Waals surface area (Å²) in [6.07, 6.45) is 0. The summed E-state index contributed by atoms with van der Waals surface area (Å²) in [4.78, 5) is 11.7. The zero-order valence-corrected chi connectivity index (χ0v) is 10.8. The number of hydrogen-bond donors (Lipinski definition) is 3. The third kappa shape index (κ3) is 3.53. The predicted octanol–water partition coefficient (Wildman–Crippen LogP) is -0.694. The Morgan fingerprint density at radius 1 is 1.41 bits per heavy atom. The topological polar surface area (TPSA) is 104 Å². The molecule has 0 aliphatic rings. The molecule has 0 bridgehead atoms. The van der Waals surface area contributed by atoms with Gasteiger partial charge in [0.1, 0.15) is 0 Å². The van der Waals surface area contributed by atoms with Crippen LogP contribution in [0.5, 0.6) is 0 Å². The fourth-order valence-electron chi connectivity index (χ4n) is 1.37. The van der Waals surface area contributed by atoms with Gasteiger partial charge in [0, 0.05) is 12.2 Å². The molecule has 8 heteroatoms. The van der Waals surface area contributed by atoms with Gasteiger partial charge in [-0.15, -0.1) is 0 Å². The van der Waals surface area contributed by atoms with E-state index in [1.54, 1.807) is 13.8 Å². The van der Waals surface area contributed by atoms with Crippen molar-refractivity contribution in [3.63, 3.8) is 0 Å². The number of hydrogen-bond acceptors (Lipinski definition) is 4. The van der Waals surface area contributed by atoms with Crippen LogP contribution in [0.4, 0.5) is 0 Å². The van der Waals surface area contributed by atoms with Crippen molar-refractivity contribution < 1.29 is 13.2 Å². The Bertz CT molecular complexity index is 487. The molecule has 1 heterocycles. The quantitative estimate of drug-likeness (QED) is 0.651. The van der Waals surface area contributed by atoms with Crippen molar-refractivity contribution in [2.24, 2.45) is 0 Å². The Kier molecular flexibility index (Phi) is 4.24. The van der Waals surface area contributed by atoms with E-state index in [1.807, 2.05) is 0 Å². The summed E-state index contributed by atoms with van der Waals surface area (Å²) in [7, 11) is -1.96. The van der Waals surface area contributed by atoms with Crippen molar-refractivity contribution in [2.75, 3.05) is 19.3 Å². The highest BCUT2D eigenvalue weighted by molar-refractivity contribution is 7.89. The number of aromatic amines is 1. The minimum absolute atomic E-state index is 0.0616. The van der Waals surface area contributed by atoms with Crippen molar-refractivity contribution in [1.82, 2.24) is 20.2 Å². The second kappa shape index (κ2) is 5.28. The van der Waals surface area contributed by atoms with Gasteiger partial charge in [0.15, 0.2) is 0 Å². The van der Waals surface area contributed by atoms with E-state index in [-0.39, 0.29) is 18.2 Å². The first kappa shape index (κ1) is 13.7. The van der Waals surface area contributed by atoms with E-state index in [0.29, 0.717) is 17.0 Å². The van der Waals surface area contributed by atoms with Gasteiger partial charge in [0.05, 0.1) is 17.0 Å². The first-order valence-corrected chi connectivity index (χ1v) is 6.73. The summed E-state index contributed by atoms with van der Waals surface area (Å²) in [6.45, 7) is 3.51. The highest BCUT2D eigenvalue weighted by Gasteiger charge is 2.15. The summed E-state index contributed by atoms with van der Waals surface area (Å²) in [5.74, 6) is -0.467. The van der Waals surface area contributed by atoms with Crippen molar-refractivity contribution in [3.05, 3.63) is 17.0 Å². The molecule has 1 rings (SSSR count). The van der Waals surface area contributed by atoms with Gasteiger partial charge in [-0.3, -0.25) is 9.89 Å². The third-order valence-corrected chi connectivity index (χ3v) is 3.69. The molecule has 17 heavy (non-hydrogen) atoms. The van der Waals surface area contributed by atoms with Gasteiger partial charge in [-0.2, -0.15) is 5.10 Å². The van der Waals surface area contributed by atoms with E-state index in [0.717, 1.165) is 0 Å². The highest BCUT2D eigenvalue weighted by Crippen LogP contribution is 2.08. The SMILES string of the molecule is CNS(=O)(=O)CCNC(=O)c1c(C)n[nH]c1C. The number of carbonyl (C=O) groups is 1. The second-order valence-electron chi connectivity index (χ2n) is 3.59. The van der Waals surface area contributed by atoms with Crippen LogP contribution in [0.15, 0.2) is 0 Å². The Labute approximate surface area is 100 Å². The van der Waals surface area contributed by atoms with Crippen LogP contribution in [-0.2, 0) is 10.0 Å². The maximum Gasteiger partial charge on any atom is 0.255 e. The van der Waals surface area contributed by atoms with Crippen molar-refractivity contribution in [3.8, 4) is 0 Å². The molecule has 0 aromatic carbocycles. The molecule has 0 fully saturated rings. The van der Waals surface area contributed by atoms with Crippen LogP contribution < -0.4 is 10.0 Å². The van der Waals surface area contributed by atoms with Crippen LogP contribution in [0.3, 0.4) is 0 Å². The lowest BCUT2D eigenvalue weighted by Crippen LogP contribution is -2.33. The first-order chi connectivity index (χ1) is 7.87. The second-order valence-corrected chi connectivity index (χ2v) is 5.63. The minimum Gasteiger partial charge on any atom is -0.351 e. The Hall–Kier alpha value is -1.41. The van der Waals surface area contributed by atoms with E-state index in [1.165, 1.54) is 7.05 Å². The van der Waals surface area contributed by atoms with Gasteiger partial charge in [0.2, 0.25) is 10.0 Å². The number of sulfonamides is 1. The molecule has 0 saturated carbocycles. The maximum absolute atomic E-state index is 11.7. The number of carbonyl (C=O) groups excluding carboxylic acids is 1. The van der Waals surface area contributed by atoms with E-state index in [4.69, 9.17) is 0 Å². The van der Waals surface area contributed by atoms with Gasteiger partial charge in [0.25, 0.3) is 5.91 Å². The number of nitrogens with zero attached hydrogens (tertiary/aromatic N) is 1. The van der Waals surface area contributed by atoms with Crippen LogP contribution in [0.2, 0.25) is 0 Å². The summed E-state index contributed by atoms with van der Waals surface area (Å²) < 4.78 is 24.4. The lowest BCUT2D eigenvalue weighted by atomic mass is 10.2. The van der Waals surface area contributed by atoms with E-state index in [9.17, 15) is 13.2 Å². The van der Waals surface area contributed by atoms with Gasteiger partial charge >= 0.3 is 0 Å². The molecule has 0 aliphatic carbocycles. The summed E-state index contributed by atoms with van der Waals surface area (Å²) in [5.41, 5.74) is 1.72. The maximum atomic E-state index is 11.7. The first-order valence-electron chi connectivity index (χ1n) is 5.08. The van der Waals surface area contributed by atoms with Crippen LogP contribution in [-0.4, -0.2) is 43.9 Å². The van der Waals surface area contributed by atoms with Gasteiger partial charge in [-0.05, 0) is 20.9 Å². The molecule has 0 aliphatic heterocycles. The molecule has 0 unspecified atom stereocenters. The molecule has 7 nitrogen and oxygen atoms in total. The normalized spacial score (nSPS) is 11.5. The molecule has 1 aromatic heterocycles. The molecule has 0 saturated heterocycles. The molecule has 3 N–H and O–H groups in total. The van der Waals surface area contributed by atoms with Crippen LogP contribution in [0.25, 0.3) is 0 Å². The zero-order valence-electron chi connectivity index (χ0n) is 9.99. The van der Waals surface area contributed by atoms with Gasteiger partial charge in [-0.1, -0.05) is 0 Å². The Morgan fingerprint density at radius 2 is 2.06 bits per heavy atom. The number of rotatable bonds is 5. The number of H-pyrrole nitrogens is 1. The fourth-order valence-corrected chi connectivity index (χ4v) is 1.95. The minimum atomic E-state index is -3.29. The largest absolute Gasteiger partial charge is 0.351 e. The molecular weight excluding hydrogens is 244 g/mol. The lowest BCUT2D eigenvalue weighted by Gasteiger charge is -2.05. The number of nitrogens with one attached hydrogen (secondary N) is 3. The summed E-state index contributed by atoms with van der Waals surface area (Å²) in [5, 5.41) is 9.13. The zero-order chi connectivity index (χ0) is 13.1. The molecular formula is C9H16N4O3S. The number of aromatic nitrogens is 2. The Morgan fingerprint density at radius 3 is 2.53 bits per heavy atom. The monoisotopic (exact) mass is 260 g/mol. The summed E-state index contributed by atoms with van der Waals surface area (Å²) >= 11 is 0. The standard InChI is InChI=1S/C9H16N4O3S/c1-6-8(7(2)13-12-6)9(14)11-4-5-17(15,16)10-3/h10H,4-5H2,1-3H3,(H,11,14)(H,12,13). The lowest BCUT2D eigenvalue weighted by molar-refractivity contribution is 0.0955. The molecule has 1 amide bonds. The highest BCUT2D eigenvalue weighted by atomic mass is 32.2. The molecule has 0 spiro atoms. The number of amides is 1. The smallest absolute Gasteiger partial charge is 0.255 e. The average Bonchev–Trinajstić information content (AvgIpc) is 2.58. The van der Waals surface area contributed by atoms with E-state index < -0.39 is 10.0 Å². The third-order valence-electron chi connectivity index (χ3n) is 2.32. The van der Waals surface area contributed by atoms with Crippen LogP contribution in [0.1, 0.15) is 21.7 Å². The predicted molar refractivity (Wildman–Crippen MR) is 63.2 cm³/mol. The number of aryl methyl sites for hydroxylation is 2. The van der Waals surface area contributed by atoms with Gasteiger partial charge < -0.3 is 5.32 Å². The van der Waals surface area contributed by atoms with Crippen LogP contribution in [0, 0.1) is 13.8 Å². The Balaban J connectivity index is 2.58. The van der Waals surface area contributed by atoms with Gasteiger partial charge in [-0.25, -0.2) is 13.1 Å². The molecule has 0 radical (unpaired) electrons. The molecule has 1 aromatic rings. The molecule has 96 valence electrons. The van der Waals surface area contributed by atoms with E-state index in [2.05, 4.69) is 20.2 Å². The van der Waals surface area contributed by atoms with Crippen molar-refractivity contribution in [2.45, 2.75) is 13.8 Å². The average molecular weight is 260 g/mol. The van der Waals surface area contributed by atoms with Crippen molar-refractivity contribution in [1.29, 1.82) is 0 Å². The molecule has 0 atom stereocenters. The van der Waals surface area contributed by atoms with Crippen LogP contribution >= 0.6 is 0 Å². The fraction of sp³-hybridized carbons (Fsp3) is 0.556. The van der Waals surface area contributed by atoms with Crippen molar-refractivity contribution >= 4 is 15.9 Å².